The van der Waals surface area contributed by atoms with Gasteiger partial charge in [0.05, 0.1) is 5.56 Å². The summed E-state index contributed by atoms with van der Waals surface area (Å²) in [6, 6.07) is 2.06. The number of carbonyl (C=O) groups is 1. The Balaban J connectivity index is 0.00000132. The zero-order valence-electron chi connectivity index (χ0n) is 12.2. The standard InChI is InChI=1S/C14H16F3N3O.2ClH/c15-14(16,17)10-1-2-11(19-7-10)12(21)20-6-4-13(9-20)3-5-18-8-13;;/h1-2,7,18H,3-6,8-9H2;2*1H. The fraction of sp³-hybridized carbons (Fsp3) is 0.571. The predicted molar refractivity (Wildman–Crippen MR) is 84.2 cm³/mol. The summed E-state index contributed by atoms with van der Waals surface area (Å²) in [7, 11) is 0. The zero-order chi connectivity index (χ0) is 15.1. The SMILES string of the molecule is Cl.Cl.O=C(c1ccc(C(F)(F)F)cn1)N1CCC2(CCNC2)C1. The molecule has 9 heteroatoms. The lowest BCUT2D eigenvalue weighted by Gasteiger charge is -2.22. The fourth-order valence-corrected chi connectivity index (χ4v) is 3.10. The minimum atomic E-state index is -4.43. The molecule has 0 bridgehead atoms. The van der Waals surface area contributed by atoms with Crippen molar-refractivity contribution in [3.63, 3.8) is 0 Å². The van der Waals surface area contributed by atoms with Crippen molar-refractivity contribution in [3.05, 3.63) is 29.6 Å². The van der Waals surface area contributed by atoms with Gasteiger partial charge in [-0.25, -0.2) is 0 Å². The van der Waals surface area contributed by atoms with Crippen molar-refractivity contribution >= 4 is 30.7 Å². The maximum atomic E-state index is 12.5. The zero-order valence-corrected chi connectivity index (χ0v) is 13.9. The van der Waals surface area contributed by atoms with Crippen LogP contribution in [-0.4, -0.2) is 42.0 Å². The minimum absolute atomic E-state index is 0. The number of aromatic nitrogens is 1. The number of amides is 1. The maximum Gasteiger partial charge on any atom is 0.417 e. The first-order valence-corrected chi connectivity index (χ1v) is 6.93. The van der Waals surface area contributed by atoms with Crippen LogP contribution in [-0.2, 0) is 6.18 Å². The molecule has 1 atom stereocenters. The lowest BCUT2D eigenvalue weighted by molar-refractivity contribution is -0.137. The van der Waals surface area contributed by atoms with Gasteiger partial charge in [0.2, 0.25) is 0 Å². The lowest BCUT2D eigenvalue weighted by Crippen LogP contribution is -2.33. The smallest absolute Gasteiger partial charge is 0.337 e. The predicted octanol–water partition coefficient (Wildman–Crippen LogP) is 2.77. The number of hydrogen-bond donors (Lipinski definition) is 1. The Hall–Kier alpha value is -1.05. The molecule has 1 amide bonds. The van der Waals surface area contributed by atoms with Crippen LogP contribution in [0.4, 0.5) is 13.2 Å². The Morgan fingerprint density at radius 2 is 2.00 bits per heavy atom. The molecule has 2 aliphatic rings. The molecule has 3 heterocycles. The number of pyridine rings is 1. The average Bonchev–Trinajstić information content (AvgIpc) is 3.08. The third-order valence-electron chi connectivity index (χ3n) is 4.37. The van der Waals surface area contributed by atoms with Crippen LogP contribution >= 0.6 is 24.8 Å². The topological polar surface area (TPSA) is 45.2 Å². The lowest BCUT2D eigenvalue weighted by atomic mass is 9.87. The van der Waals surface area contributed by atoms with E-state index in [4.69, 9.17) is 0 Å². The van der Waals surface area contributed by atoms with Crippen LogP contribution in [0.5, 0.6) is 0 Å². The minimum Gasteiger partial charge on any atom is -0.337 e. The van der Waals surface area contributed by atoms with Gasteiger partial charge in [-0.15, -0.1) is 24.8 Å². The van der Waals surface area contributed by atoms with Gasteiger partial charge in [0.15, 0.2) is 0 Å². The summed E-state index contributed by atoms with van der Waals surface area (Å²) in [6.07, 6.45) is -1.73. The van der Waals surface area contributed by atoms with Gasteiger partial charge in [0, 0.05) is 31.2 Å². The largest absolute Gasteiger partial charge is 0.417 e. The molecule has 0 radical (unpaired) electrons. The second-order valence-corrected chi connectivity index (χ2v) is 5.83. The van der Waals surface area contributed by atoms with Crippen molar-refractivity contribution in [2.75, 3.05) is 26.2 Å². The van der Waals surface area contributed by atoms with Gasteiger partial charge in [-0.3, -0.25) is 9.78 Å². The summed E-state index contributed by atoms with van der Waals surface area (Å²) in [5, 5.41) is 3.30. The van der Waals surface area contributed by atoms with Crippen molar-refractivity contribution in [1.82, 2.24) is 15.2 Å². The first-order chi connectivity index (χ1) is 9.90. The Bertz CT molecular complexity index is 545. The van der Waals surface area contributed by atoms with E-state index >= 15 is 0 Å². The second kappa shape index (κ2) is 7.23. The summed E-state index contributed by atoms with van der Waals surface area (Å²) >= 11 is 0. The van der Waals surface area contributed by atoms with Crippen LogP contribution < -0.4 is 5.32 Å². The molecule has 23 heavy (non-hydrogen) atoms. The number of halogens is 5. The van der Waals surface area contributed by atoms with Crippen molar-refractivity contribution in [3.8, 4) is 0 Å². The Morgan fingerprint density at radius 1 is 1.26 bits per heavy atom. The Morgan fingerprint density at radius 3 is 2.52 bits per heavy atom. The van der Waals surface area contributed by atoms with Crippen molar-refractivity contribution < 1.29 is 18.0 Å². The monoisotopic (exact) mass is 371 g/mol. The van der Waals surface area contributed by atoms with E-state index in [1.54, 1.807) is 4.90 Å². The molecule has 1 spiro atoms. The van der Waals surface area contributed by atoms with Gasteiger partial charge in [-0.05, 0) is 31.5 Å². The highest BCUT2D eigenvalue weighted by Gasteiger charge is 2.42. The van der Waals surface area contributed by atoms with E-state index in [0.717, 1.165) is 44.3 Å². The van der Waals surface area contributed by atoms with E-state index in [-0.39, 0.29) is 41.8 Å². The first-order valence-electron chi connectivity index (χ1n) is 6.93. The highest BCUT2D eigenvalue weighted by molar-refractivity contribution is 5.92. The Labute approximate surface area is 144 Å². The van der Waals surface area contributed by atoms with Crippen LogP contribution in [0, 0.1) is 5.41 Å². The van der Waals surface area contributed by atoms with Crippen LogP contribution in [0.1, 0.15) is 28.9 Å². The van der Waals surface area contributed by atoms with Crippen molar-refractivity contribution in [2.45, 2.75) is 19.0 Å². The molecule has 1 aromatic heterocycles. The molecular weight excluding hydrogens is 354 g/mol. The molecule has 130 valence electrons. The van der Waals surface area contributed by atoms with E-state index in [1.807, 2.05) is 0 Å². The van der Waals surface area contributed by atoms with E-state index in [9.17, 15) is 18.0 Å². The summed E-state index contributed by atoms with van der Waals surface area (Å²) in [5.41, 5.74) is -0.621. The van der Waals surface area contributed by atoms with Crippen molar-refractivity contribution in [2.24, 2.45) is 5.41 Å². The normalized spacial score (nSPS) is 23.5. The number of alkyl halides is 3. The molecule has 2 aliphatic heterocycles. The van der Waals surface area contributed by atoms with E-state index in [1.165, 1.54) is 0 Å². The highest BCUT2D eigenvalue weighted by Crippen LogP contribution is 2.36. The summed E-state index contributed by atoms with van der Waals surface area (Å²) in [6.45, 7) is 3.16. The van der Waals surface area contributed by atoms with Gasteiger partial charge in [0.25, 0.3) is 5.91 Å². The highest BCUT2D eigenvalue weighted by atomic mass is 35.5. The van der Waals surface area contributed by atoms with Gasteiger partial charge >= 0.3 is 6.18 Å². The fourth-order valence-electron chi connectivity index (χ4n) is 3.10. The molecule has 1 N–H and O–H groups in total. The van der Waals surface area contributed by atoms with Gasteiger partial charge < -0.3 is 10.2 Å². The van der Waals surface area contributed by atoms with Gasteiger partial charge in [0.1, 0.15) is 5.69 Å². The van der Waals surface area contributed by atoms with Crippen LogP contribution in [0.3, 0.4) is 0 Å². The number of carbonyl (C=O) groups excluding carboxylic acids is 1. The molecule has 1 unspecified atom stereocenters. The number of hydrogen-bond acceptors (Lipinski definition) is 3. The molecule has 4 nitrogen and oxygen atoms in total. The molecule has 3 rings (SSSR count). The van der Waals surface area contributed by atoms with Crippen LogP contribution in [0.25, 0.3) is 0 Å². The molecule has 1 aromatic rings. The van der Waals surface area contributed by atoms with Gasteiger partial charge in [-0.1, -0.05) is 0 Å². The summed E-state index contributed by atoms with van der Waals surface area (Å²) in [4.78, 5) is 17.7. The quantitative estimate of drug-likeness (QED) is 0.825. The average molecular weight is 372 g/mol. The van der Waals surface area contributed by atoms with E-state index in [2.05, 4.69) is 10.3 Å². The molecule has 2 fully saturated rings. The molecule has 0 aliphatic carbocycles. The number of likely N-dealkylation sites (tertiary alicyclic amines) is 1. The van der Waals surface area contributed by atoms with Crippen molar-refractivity contribution in [1.29, 1.82) is 0 Å². The second-order valence-electron chi connectivity index (χ2n) is 5.83. The van der Waals surface area contributed by atoms with E-state index in [0.29, 0.717) is 13.1 Å². The summed E-state index contributed by atoms with van der Waals surface area (Å²) < 4.78 is 37.4. The molecule has 2 saturated heterocycles. The maximum absolute atomic E-state index is 12.5. The molecular formula is C14H18Cl2F3N3O. The number of nitrogens with one attached hydrogen (secondary N) is 1. The number of nitrogens with zero attached hydrogens (tertiary/aromatic N) is 2. The molecule has 0 aromatic carbocycles. The van der Waals surface area contributed by atoms with Gasteiger partial charge in [-0.2, -0.15) is 13.2 Å². The number of rotatable bonds is 1. The van der Waals surface area contributed by atoms with E-state index < -0.39 is 11.7 Å². The van der Waals surface area contributed by atoms with Crippen LogP contribution in [0.15, 0.2) is 18.3 Å². The van der Waals surface area contributed by atoms with Crippen LogP contribution in [0.2, 0.25) is 0 Å². The first kappa shape index (κ1) is 20.0. The third kappa shape index (κ3) is 4.08. The molecule has 0 saturated carbocycles. The third-order valence-corrected chi connectivity index (χ3v) is 4.37. The Kier molecular flexibility index (Phi) is 6.29. The summed E-state index contributed by atoms with van der Waals surface area (Å²) in [5.74, 6) is -0.285.